The van der Waals surface area contributed by atoms with Crippen LogP contribution in [0.3, 0.4) is 0 Å². The molecule has 0 saturated heterocycles. The van der Waals surface area contributed by atoms with Gasteiger partial charge < -0.3 is 14.8 Å². The number of aryl methyl sites for hydroxylation is 1. The fourth-order valence-corrected chi connectivity index (χ4v) is 6.21. The average Bonchev–Trinajstić information content (AvgIpc) is 3.31. The van der Waals surface area contributed by atoms with Crippen LogP contribution in [0.5, 0.6) is 0 Å². The number of thiophene rings is 1. The van der Waals surface area contributed by atoms with Gasteiger partial charge in [-0.1, -0.05) is 32.5 Å². The SMILES string of the molecule is CCN(CC(=O)NC(C)C)C(=O)CSc1nnc(-c2cc3c(s2)CCC(C(C)(C)C)C3)n1C. The largest absolute Gasteiger partial charge is 0.352 e. The topological polar surface area (TPSA) is 80.1 Å². The molecule has 7 nitrogen and oxygen atoms in total. The molecule has 0 aliphatic heterocycles. The minimum absolute atomic E-state index is 0.0556. The maximum Gasteiger partial charge on any atom is 0.239 e. The number of nitrogens with zero attached hydrogens (tertiary/aromatic N) is 4. The van der Waals surface area contributed by atoms with Gasteiger partial charge in [-0.15, -0.1) is 21.5 Å². The van der Waals surface area contributed by atoms with Gasteiger partial charge in [0.15, 0.2) is 11.0 Å². The van der Waals surface area contributed by atoms with Crippen LogP contribution in [-0.2, 0) is 29.5 Å². The van der Waals surface area contributed by atoms with Crippen LogP contribution >= 0.6 is 23.1 Å². The van der Waals surface area contributed by atoms with Gasteiger partial charge in [0, 0.05) is 24.5 Å². The van der Waals surface area contributed by atoms with Crippen LogP contribution in [0.2, 0.25) is 0 Å². The van der Waals surface area contributed by atoms with E-state index in [1.165, 1.54) is 28.6 Å². The first-order valence-electron chi connectivity index (χ1n) is 11.7. The number of carbonyl (C=O) groups excluding carboxylic acids is 2. The monoisotopic (exact) mass is 491 g/mol. The molecule has 0 bridgehead atoms. The molecule has 0 saturated carbocycles. The molecule has 0 aromatic carbocycles. The highest BCUT2D eigenvalue weighted by Gasteiger charge is 2.30. The van der Waals surface area contributed by atoms with Gasteiger partial charge in [0.1, 0.15) is 0 Å². The summed E-state index contributed by atoms with van der Waals surface area (Å²) in [7, 11) is 1.95. The minimum Gasteiger partial charge on any atom is -0.352 e. The van der Waals surface area contributed by atoms with Gasteiger partial charge in [-0.3, -0.25) is 9.59 Å². The summed E-state index contributed by atoms with van der Waals surface area (Å²) in [5, 5.41) is 12.3. The Morgan fingerprint density at radius 3 is 2.70 bits per heavy atom. The number of amides is 2. The number of rotatable bonds is 8. The summed E-state index contributed by atoms with van der Waals surface area (Å²) in [6.07, 6.45) is 3.50. The Labute approximate surface area is 205 Å². The van der Waals surface area contributed by atoms with E-state index in [-0.39, 0.29) is 30.2 Å². The predicted octanol–water partition coefficient (Wildman–Crippen LogP) is 4.16. The summed E-state index contributed by atoms with van der Waals surface area (Å²) in [4.78, 5) is 28.9. The van der Waals surface area contributed by atoms with E-state index in [9.17, 15) is 9.59 Å². The van der Waals surface area contributed by atoms with Gasteiger partial charge in [-0.05, 0) is 63.0 Å². The number of aromatic nitrogens is 3. The second-order valence-electron chi connectivity index (χ2n) is 10.1. The molecule has 0 fully saturated rings. The van der Waals surface area contributed by atoms with E-state index in [0.29, 0.717) is 23.0 Å². The van der Waals surface area contributed by atoms with Crippen LogP contribution < -0.4 is 5.32 Å². The Bertz CT molecular complexity index is 990. The van der Waals surface area contributed by atoms with Crippen LogP contribution in [0.1, 0.15) is 58.4 Å². The second-order valence-corrected chi connectivity index (χ2v) is 12.2. The number of fused-ring (bicyclic) bond motifs is 1. The van der Waals surface area contributed by atoms with Crippen molar-refractivity contribution in [2.24, 2.45) is 18.4 Å². The fraction of sp³-hybridized carbons (Fsp3) is 0.667. The summed E-state index contributed by atoms with van der Waals surface area (Å²) < 4.78 is 1.97. The first-order chi connectivity index (χ1) is 15.5. The van der Waals surface area contributed by atoms with Gasteiger partial charge in [0.25, 0.3) is 0 Å². The summed E-state index contributed by atoms with van der Waals surface area (Å²) in [5.74, 6) is 1.56. The molecule has 182 valence electrons. The first-order valence-corrected chi connectivity index (χ1v) is 13.5. The summed E-state index contributed by atoms with van der Waals surface area (Å²) in [5.41, 5.74) is 1.77. The van der Waals surface area contributed by atoms with Crippen LogP contribution in [0, 0.1) is 11.3 Å². The smallest absolute Gasteiger partial charge is 0.239 e. The van der Waals surface area contributed by atoms with E-state index >= 15 is 0 Å². The highest BCUT2D eigenvalue weighted by Crippen LogP contribution is 2.42. The van der Waals surface area contributed by atoms with Crippen molar-refractivity contribution in [3.8, 4) is 10.7 Å². The number of likely N-dealkylation sites (N-methyl/N-ethyl adjacent to an activating group) is 1. The minimum atomic E-state index is -0.137. The molecule has 1 aliphatic carbocycles. The molecular formula is C24H37N5O2S2. The van der Waals surface area contributed by atoms with Gasteiger partial charge in [-0.25, -0.2) is 0 Å². The first kappa shape index (κ1) is 25.7. The molecule has 1 N–H and O–H groups in total. The molecular weight excluding hydrogens is 454 g/mol. The number of hydrogen-bond acceptors (Lipinski definition) is 6. The summed E-state index contributed by atoms with van der Waals surface area (Å²) in [6, 6.07) is 2.34. The zero-order valence-corrected chi connectivity index (χ0v) is 22.5. The van der Waals surface area contributed by atoms with Crippen molar-refractivity contribution >= 4 is 34.9 Å². The molecule has 1 unspecified atom stereocenters. The van der Waals surface area contributed by atoms with E-state index in [2.05, 4.69) is 42.4 Å². The standard InChI is InChI=1S/C24H37N5O2S2/c1-8-29(13-20(30)25-15(2)3)21(31)14-32-23-27-26-22(28(23)7)19-12-16-11-17(24(4,5)6)9-10-18(16)33-19/h12,15,17H,8-11,13-14H2,1-7H3,(H,25,30). The van der Waals surface area contributed by atoms with Crippen molar-refractivity contribution in [3.05, 3.63) is 16.5 Å². The number of nitrogens with one attached hydrogen (secondary N) is 1. The maximum atomic E-state index is 12.7. The summed E-state index contributed by atoms with van der Waals surface area (Å²) in [6.45, 7) is 13.3. The number of carbonyl (C=O) groups is 2. The molecule has 9 heteroatoms. The lowest BCUT2D eigenvalue weighted by Crippen LogP contribution is -2.43. The van der Waals surface area contributed by atoms with E-state index in [1.807, 2.05) is 43.7 Å². The van der Waals surface area contributed by atoms with Gasteiger partial charge in [0.2, 0.25) is 11.8 Å². The molecule has 33 heavy (non-hydrogen) atoms. The van der Waals surface area contributed by atoms with Crippen LogP contribution in [0.25, 0.3) is 10.7 Å². The zero-order valence-electron chi connectivity index (χ0n) is 20.9. The quantitative estimate of drug-likeness (QED) is 0.561. The Morgan fingerprint density at radius 2 is 2.06 bits per heavy atom. The molecule has 3 rings (SSSR count). The zero-order chi connectivity index (χ0) is 24.3. The molecule has 0 spiro atoms. The van der Waals surface area contributed by atoms with E-state index < -0.39 is 0 Å². The molecule has 2 aromatic rings. The molecule has 1 aliphatic rings. The molecule has 0 radical (unpaired) electrons. The van der Waals surface area contributed by atoms with Crippen molar-refractivity contribution in [2.45, 2.75) is 72.0 Å². The lowest BCUT2D eigenvalue weighted by Gasteiger charge is -2.33. The lowest BCUT2D eigenvalue weighted by molar-refractivity contribution is -0.134. The predicted molar refractivity (Wildman–Crippen MR) is 136 cm³/mol. The normalized spacial score (nSPS) is 16.1. The van der Waals surface area contributed by atoms with Crippen molar-refractivity contribution in [3.63, 3.8) is 0 Å². The number of hydrogen-bond donors (Lipinski definition) is 1. The van der Waals surface area contributed by atoms with Crippen LogP contribution in [0.4, 0.5) is 0 Å². The molecule has 1 atom stereocenters. The molecule has 2 amide bonds. The van der Waals surface area contributed by atoms with E-state index in [4.69, 9.17) is 0 Å². The van der Waals surface area contributed by atoms with Crippen LogP contribution in [0.15, 0.2) is 11.2 Å². The van der Waals surface area contributed by atoms with Crippen molar-refractivity contribution in [1.82, 2.24) is 25.0 Å². The van der Waals surface area contributed by atoms with Gasteiger partial charge in [0.05, 0.1) is 17.2 Å². The second kappa shape index (κ2) is 10.6. The highest BCUT2D eigenvalue weighted by molar-refractivity contribution is 7.99. The molecule has 2 heterocycles. The Kier molecular flexibility index (Phi) is 8.26. The van der Waals surface area contributed by atoms with E-state index in [0.717, 1.165) is 23.5 Å². The third kappa shape index (κ3) is 6.38. The lowest BCUT2D eigenvalue weighted by atomic mass is 9.72. The highest BCUT2D eigenvalue weighted by atomic mass is 32.2. The van der Waals surface area contributed by atoms with Crippen molar-refractivity contribution in [2.75, 3.05) is 18.8 Å². The van der Waals surface area contributed by atoms with Gasteiger partial charge >= 0.3 is 0 Å². The third-order valence-electron chi connectivity index (χ3n) is 6.21. The van der Waals surface area contributed by atoms with Crippen molar-refractivity contribution < 1.29 is 9.59 Å². The maximum absolute atomic E-state index is 12.7. The number of thioether (sulfide) groups is 1. The van der Waals surface area contributed by atoms with Gasteiger partial charge in [-0.2, -0.15) is 0 Å². The van der Waals surface area contributed by atoms with Crippen LogP contribution in [-0.4, -0.2) is 56.4 Å². The Morgan fingerprint density at radius 1 is 1.33 bits per heavy atom. The van der Waals surface area contributed by atoms with E-state index in [1.54, 1.807) is 4.90 Å². The Hall–Kier alpha value is -1.87. The third-order valence-corrected chi connectivity index (χ3v) is 8.44. The summed E-state index contributed by atoms with van der Waals surface area (Å²) >= 11 is 3.19. The fourth-order valence-electron chi connectivity index (χ4n) is 4.16. The molecule has 2 aromatic heterocycles. The van der Waals surface area contributed by atoms with Crippen molar-refractivity contribution in [1.29, 1.82) is 0 Å². The Balaban J connectivity index is 1.64. The average molecular weight is 492 g/mol.